The molecule has 0 aliphatic heterocycles. The molecule has 5 nitrogen and oxygen atoms in total. The molecular weight excluding hydrogens is 314 g/mol. The van der Waals surface area contributed by atoms with Crippen LogP contribution in [0.5, 0.6) is 0 Å². The van der Waals surface area contributed by atoms with Crippen LogP contribution in [-0.4, -0.2) is 13.3 Å². The number of rotatable bonds is 4. The van der Waals surface area contributed by atoms with Crippen molar-refractivity contribution in [2.24, 2.45) is 0 Å². The van der Waals surface area contributed by atoms with Gasteiger partial charge >= 0.3 is 0 Å². The molecule has 0 heterocycles. The zero-order valence-electron chi connectivity index (χ0n) is 13.3. The van der Waals surface area contributed by atoms with Crippen LogP contribution >= 0.6 is 0 Å². The highest BCUT2D eigenvalue weighted by Gasteiger charge is 2.24. The van der Waals surface area contributed by atoms with Gasteiger partial charge in [0.2, 0.25) is 0 Å². The van der Waals surface area contributed by atoms with Crippen LogP contribution in [0.15, 0.2) is 53.4 Å². The third-order valence-electron chi connectivity index (χ3n) is 3.59. The Morgan fingerprint density at radius 2 is 1.65 bits per heavy atom. The molecule has 0 aliphatic carbocycles. The number of nitro groups is 1. The van der Waals surface area contributed by atoms with Gasteiger partial charge in [0.05, 0.1) is 15.6 Å². The molecule has 0 saturated heterocycles. The predicted octanol–water partition coefficient (Wildman–Crippen LogP) is 3.87. The first kappa shape index (κ1) is 17.1. The van der Waals surface area contributed by atoms with Crippen molar-refractivity contribution in [2.45, 2.75) is 36.8 Å². The second-order valence-corrected chi connectivity index (χ2v) is 8.41. The Labute approximate surface area is 136 Å². The molecule has 0 saturated carbocycles. The smallest absolute Gasteiger partial charge is 0.258 e. The molecule has 0 aliphatic rings. The first-order chi connectivity index (χ1) is 10.6. The fourth-order valence-electron chi connectivity index (χ4n) is 2.26. The van der Waals surface area contributed by atoms with Crippen molar-refractivity contribution in [1.29, 1.82) is 0 Å². The van der Waals surface area contributed by atoms with Crippen LogP contribution in [0, 0.1) is 10.1 Å². The largest absolute Gasteiger partial charge is 0.273 e. The summed E-state index contributed by atoms with van der Waals surface area (Å²) in [6.45, 7) is 5.93. The van der Waals surface area contributed by atoms with Crippen molar-refractivity contribution >= 4 is 15.5 Å². The Morgan fingerprint density at radius 1 is 1.04 bits per heavy atom. The average molecular weight is 333 g/mol. The van der Waals surface area contributed by atoms with Gasteiger partial charge in [0.15, 0.2) is 9.84 Å². The normalized spacial score (nSPS) is 12.1. The maximum Gasteiger partial charge on any atom is 0.273 e. The molecule has 122 valence electrons. The Balaban J connectivity index is 2.51. The molecule has 0 amide bonds. The van der Waals surface area contributed by atoms with Crippen LogP contribution in [-0.2, 0) is 21.0 Å². The number of hydrogen-bond acceptors (Lipinski definition) is 4. The van der Waals surface area contributed by atoms with Gasteiger partial charge < -0.3 is 0 Å². The summed E-state index contributed by atoms with van der Waals surface area (Å²) in [5.41, 5.74) is 0.686. The molecule has 2 rings (SSSR count). The fraction of sp³-hybridized carbons (Fsp3) is 0.294. The Kier molecular flexibility index (Phi) is 4.56. The summed E-state index contributed by atoms with van der Waals surface area (Å²) in [5, 5.41) is 11.2. The van der Waals surface area contributed by atoms with Crippen molar-refractivity contribution in [3.63, 3.8) is 0 Å². The highest BCUT2D eigenvalue weighted by Crippen LogP contribution is 2.30. The fourth-order valence-corrected chi connectivity index (χ4v) is 3.64. The van der Waals surface area contributed by atoms with Crippen molar-refractivity contribution in [1.82, 2.24) is 0 Å². The van der Waals surface area contributed by atoms with Crippen LogP contribution in [0.25, 0.3) is 0 Å². The first-order valence-electron chi connectivity index (χ1n) is 7.17. The maximum atomic E-state index is 12.5. The third-order valence-corrected chi connectivity index (χ3v) is 5.27. The summed E-state index contributed by atoms with van der Waals surface area (Å²) in [6.07, 6.45) is 0. The third kappa shape index (κ3) is 3.96. The number of hydrogen-bond donors (Lipinski definition) is 0. The number of benzene rings is 2. The Hall–Kier alpha value is -2.21. The van der Waals surface area contributed by atoms with E-state index in [0.717, 1.165) is 5.56 Å². The van der Waals surface area contributed by atoms with Gasteiger partial charge in [-0.25, -0.2) is 8.42 Å². The van der Waals surface area contributed by atoms with Gasteiger partial charge in [-0.1, -0.05) is 45.0 Å². The lowest BCUT2D eigenvalue weighted by Crippen LogP contribution is -2.13. The van der Waals surface area contributed by atoms with Gasteiger partial charge in [-0.05, 0) is 29.2 Å². The summed E-state index contributed by atoms with van der Waals surface area (Å²) in [6, 6.07) is 12.7. The molecule has 2 aromatic rings. The van der Waals surface area contributed by atoms with Crippen LogP contribution < -0.4 is 0 Å². The van der Waals surface area contributed by atoms with E-state index in [1.807, 2.05) is 20.8 Å². The van der Waals surface area contributed by atoms with Crippen LogP contribution in [0.4, 0.5) is 5.69 Å². The lowest BCUT2D eigenvalue weighted by molar-refractivity contribution is -0.385. The summed E-state index contributed by atoms with van der Waals surface area (Å²) < 4.78 is 25.0. The van der Waals surface area contributed by atoms with E-state index >= 15 is 0 Å². The molecule has 0 bridgehead atoms. The van der Waals surface area contributed by atoms with Gasteiger partial charge in [0, 0.05) is 11.6 Å². The minimum Gasteiger partial charge on any atom is -0.258 e. The highest BCUT2D eigenvalue weighted by atomic mass is 32.2. The van der Waals surface area contributed by atoms with Crippen LogP contribution in [0.1, 0.15) is 31.9 Å². The molecular formula is C17H19NO4S. The van der Waals surface area contributed by atoms with Crippen molar-refractivity contribution in [3.05, 3.63) is 69.8 Å². The van der Waals surface area contributed by atoms with E-state index < -0.39 is 20.5 Å². The average Bonchev–Trinajstić information content (AvgIpc) is 2.46. The molecule has 0 fully saturated rings. The van der Waals surface area contributed by atoms with E-state index in [4.69, 9.17) is 0 Å². The SMILES string of the molecule is CC(C)(C)c1ccc([N+](=O)[O-])c(CS(=O)(=O)c2ccccc2)c1. The van der Waals surface area contributed by atoms with Crippen LogP contribution in [0.2, 0.25) is 0 Å². The second kappa shape index (κ2) is 6.12. The molecule has 6 heteroatoms. The summed E-state index contributed by atoms with van der Waals surface area (Å²) in [7, 11) is -3.64. The zero-order valence-corrected chi connectivity index (χ0v) is 14.1. The summed E-state index contributed by atoms with van der Waals surface area (Å²) in [4.78, 5) is 10.8. The van der Waals surface area contributed by atoms with Gasteiger partial charge in [0.25, 0.3) is 5.69 Å². The van der Waals surface area contributed by atoms with Crippen LogP contribution in [0.3, 0.4) is 0 Å². The van der Waals surface area contributed by atoms with E-state index in [9.17, 15) is 18.5 Å². The van der Waals surface area contributed by atoms with E-state index in [1.54, 1.807) is 30.3 Å². The maximum absolute atomic E-state index is 12.5. The topological polar surface area (TPSA) is 77.3 Å². The van der Waals surface area contributed by atoms with Gasteiger partial charge in [-0.2, -0.15) is 0 Å². The van der Waals surface area contributed by atoms with E-state index in [0.29, 0.717) is 0 Å². The minimum absolute atomic E-state index is 0.162. The predicted molar refractivity (Wildman–Crippen MR) is 89.1 cm³/mol. The first-order valence-corrected chi connectivity index (χ1v) is 8.82. The molecule has 2 aromatic carbocycles. The summed E-state index contributed by atoms with van der Waals surface area (Å²) >= 11 is 0. The van der Waals surface area contributed by atoms with Crippen molar-refractivity contribution in [3.8, 4) is 0 Å². The highest BCUT2D eigenvalue weighted by molar-refractivity contribution is 7.90. The molecule has 0 spiro atoms. The summed E-state index contributed by atoms with van der Waals surface area (Å²) in [5.74, 6) is -0.392. The number of sulfone groups is 1. The van der Waals surface area contributed by atoms with Gasteiger partial charge in [-0.15, -0.1) is 0 Å². The van der Waals surface area contributed by atoms with E-state index in [1.165, 1.54) is 18.2 Å². The molecule has 0 N–H and O–H groups in total. The minimum atomic E-state index is -3.64. The number of nitrogens with zero attached hydrogens (tertiary/aromatic N) is 1. The molecule has 23 heavy (non-hydrogen) atoms. The van der Waals surface area contributed by atoms with Crippen molar-refractivity contribution in [2.75, 3.05) is 0 Å². The molecule has 0 radical (unpaired) electrons. The van der Waals surface area contributed by atoms with E-state index in [-0.39, 0.29) is 21.6 Å². The molecule has 0 aromatic heterocycles. The number of nitro benzene ring substituents is 1. The lowest BCUT2D eigenvalue weighted by atomic mass is 9.86. The van der Waals surface area contributed by atoms with Crippen molar-refractivity contribution < 1.29 is 13.3 Å². The quantitative estimate of drug-likeness (QED) is 0.628. The standard InChI is InChI=1S/C17H19NO4S/c1-17(2,3)14-9-10-16(18(19)20)13(11-14)12-23(21,22)15-7-5-4-6-8-15/h4-11H,12H2,1-3H3. The Bertz CT molecular complexity index is 821. The molecule has 0 atom stereocenters. The lowest BCUT2D eigenvalue weighted by Gasteiger charge is -2.19. The van der Waals surface area contributed by atoms with Gasteiger partial charge in [-0.3, -0.25) is 10.1 Å². The second-order valence-electron chi connectivity index (χ2n) is 6.42. The Morgan fingerprint density at radius 3 is 2.17 bits per heavy atom. The monoisotopic (exact) mass is 333 g/mol. The van der Waals surface area contributed by atoms with Gasteiger partial charge in [0.1, 0.15) is 0 Å². The zero-order chi connectivity index (χ0) is 17.3. The van der Waals surface area contributed by atoms with E-state index in [2.05, 4.69) is 0 Å². The molecule has 0 unspecified atom stereocenters.